The fourth-order valence-electron chi connectivity index (χ4n) is 4.10. The van der Waals surface area contributed by atoms with E-state index < -0.39 is 11.6 Å². The fraction of sp³-hybridized carbons (Fsp3) is 0.304. The van der Waals surface area contributed by atoms with Gasteiger partial charge >= 0.3 is 0 Å². The Hall–Kier alpha value is -2.86. The number of nitrogens with zero attached hydrogens (tertiary/aromatic N) is 2. The zero-order valence-corrected chi connectivity index (χ0v) is 16.6. The molecule has 0 saturated heterocycles. The summed E-state index contributed by atoms with van der Waals surface area (Å²) in [4.78, 5) is 2.19. The molecule has 29 heavy (non-hydrogen) atoms. The first-order valence-electron chi connectivity index (χ1n) is 9.65. The van der Waals surface area contributed by atoms with Crippen LogP contribution in [0.3, 0.4) is 0 Å². The van der Waals surface area contributed by atoms with E-state index in [-0.39, 0.29) is 6.04 Å². The van der Waals surface area contributed by atoms with Crippen LogP contribution in [-0.4, -0.2) is 30.2 Å². The molecule has 4 rings (SSSR count). The Balaban J connectivity index is 1.75. The van der Waals surface area contributed by atoms with Crippen LogP contribution in [0.5, 0.6) is 11.5 Å². The number of fused-ring (bicyclic) bond motifs is 1. The number of methoxy groups -OCH3 is 2. The first-order chi connectivity index (χ1) is 14.1. The average Bonchev–Trinajstić information content (AvgIpc) is 3.11. The molecule has 1 aliphatic rings. The number of rotatable bonds is 5. The van der Waals surface area contributed by atoms with Gasteiger partial charge in [-0.3, -0.25) is 4.90 Å². The van der Waals surface area contributed by atoms with Crippen LogP contribution in [0.25, 0.3) is 0 Å². The number of hydrogen-bond acceptors (Lipinski definition) is 3. The van der Waals surface area contributed by atoms with E-state index in [0.717, 1.165) is 36.8 Å². The predicted molar refractivity (Wildman–Crippen MR) is 107 cm³/mol. The molecule has 0 spiro atoms. The summed E-state index contributed by atoms with van der Waals surface area (Å²) in [6, 6.07) is 13.0. The molecule has 1 atom stereocenters. The van der Waals surface area contributed by atoms with Crippen LogP contribution in [0, 0.1) is 11.6 Å². The number of hydrogen-bond donors (Lipinski definition) is 0. The Kier molecular flexibility index (Phi) is 5.53. The summed E-state index contributed by atoms with van der Waals surface area (Å²) in [5, 5.41) is 0. The molecule has 152 valence electrons. The third kappa shape index (κ3) is 3.85. The molecule has 0 bridgehead atoms. The number of aromatic nitrogens is 1. The second-order valence-corrected chi connectivity index (χ2v) is 7.21. The smallest absolute Gasteiger partial charge is 0.161 e. The van der Waals surface area contributed by atoms with Crippen molar-refractivity contribution < 1.29 is 18.3 Å². The standard InChI is InChI=1S/C23H24F2N2O2/c1-28-21-9-6-16(13-22(21)29-2)15-27-12-4-11-26-10-3-5-20(26)23(27)18-14-17(24)7-8-19(18)25/h3,5-10,13-14,23H,4,11-12,15H2,1-2H3. The highest BCUT2D eigenvalue weighted by molar-refractivity contribution is 5.43. The summed E-state index contributed by atoms with van der Waals surface area (Å²) in [7, 11) is 3.20. The highest BCUT2D eigenvalue weighted by atomic mass is 19.1. The largest absolute Gasteiger partial charge is 0.493 e. The van der Waals surface area contributed by atoms with Crippen molar-refractivity contribution in [2.75, 3.05) is 20.8 Å². The van der Waals surface area contributed by atoms with Crippen molar-refractivity contribution in [3.63, 3.8) is 0 Å². The summed E-state index contributed by atoms with van der Waals surface area (Å²) >= 11 is 0. The first kappa shape index (κ1) is 19.5. The van der Waals surface area contributed by atoms with Crippen LogP contribution < -0.4 is 9.47 Å². The molecule has 1 aromatic heterocycles. The predicted octanol–water partition coefficient (Wildman–Crippen LogP) is 4.78. The molecule has 3 aromatic rings. The van der Waals surface area contributed by atoms with Crippen molar-refractivity contribution in [3.8, 4) is 11.5 Å². The number of ether oxygens (including phenoxy) is 2. The van der Waals surface area contributed by atoms with Crippen LogP contribution in [0.15, 0.2) is 54.7 Å². The van der Waals surface area contributed by atoms with Crippen molar-refractivity contribution >= 4 is 0 Å². The van der Waals surface area contributed by atoms with Crippen LogP contribution in [0.1, 0.15) is 29.3 Å². The molecule has 0 saturated carbocycles. The second kappa shape index (κ2) is 8.25. The van der Waals surface area contributed by atoms with E-state index >= 15 is 0 Å². The molecule has 0 radical (unpaired) electrons. The molecular formula is C23H24F2N2O2. The molecule has 2 aromatic carbocycles. The normalized spacial score (nSPS) is 16.9. The second-order valence-electron chi connectivity index (χ2n) is 7.21. The van der Waals surface area contributed by atoms with Gasteiger partial charge in [0.25, 0.3) is 0 Å². The Morgan fingerprint density at radius 1 is 0.966 bits per heavy atom. The number of benzene rings is 2. The lowest BCUT2D eigenvalue weighted by Crippen LogP contribution is -2.30. The first-order valence-corrected chi connectivity index (χ1v) is 9.65. The van der Waals surface area contributed by atoms with E-state index in [2.05, 4.69) is 9.47 Å². The van der Waals surface area contributed by atoms with E-state index in [1.807, 2.05) is 36.5 Å². The van der Waals surface area contributed by atoms with E-state index in [1.54, 1.807) is 14.2 Å². The SMILES string of the molecule is COc1ccc(CN2CCCn3cccc3C2c2cc(F)ccc2F)cc1OC. The van der Waals surface area contributed by atoms with Gasteiger partial charge in [-0.2, -0.15) is 0 Å². The lowest BCUT2D eigenvalue weighted by molar-refractivity contribution is 0.215. The molecule has 0 amide bonds. The third-order valence-electron chi connectivity index (χ3n) is 5.44. The van der Waals surface area contributed by atoms with Gasteiger partial charge in [0.2, 0.25) is 0 Å². The summed E-state index contributed by atoms with van der Waals surface area (Å²) < 4.78 is 41.7. The minimum atomic E-state index is -0.435. The summed E-state index contributed by atoms with van der Waals surface area (Å²) in [6.45, 7) is 2.18. The fourth-order valence-corrected chi connectivity index (χ4v) is 4.10. The highest BCUT2D eigenvalue weighted by Crippen LogP contribution is 2.36. The van der Waals surface area contributed by atoms with Gasteiger partial charge in [0.05, 0.1) is 20.3 Å². The van der Waals surface area contributed by atoms with Crippen LogP contribution >= 0.6 is 0 Å². The van der Waals surface area contributed by atoms with E-state index in [0.29, 0.717) is 23.6 Å². The minimum Gasteiger partial charge on any atom is -0.493 e. The van der Waals surface area contributed by atoms with Gasteiger partial charge in [0.15, 0.2) is 11.5 Å². The Morgan fingerprint density at radius 2 is 1.79 bits per heavy atom. The summed E-state index contributed by atoms with van der Waals surface area (Å²) in [6.07, 6.45) is 2.92. The van der Waals surface area contributed by atoms with Crippen LogP contribution in [0.4, 0.5) is 8.78 Å². The van der Waals surface area contributed by atoms with Gasteiger partial charge in [-0.25, -0.2) is 8.78 Å². The zero-order chi connectivity index (χ0) is 20.4. The lowest BCUT2D eigenvalue weighted by Gasteiger charge is -2.31. The molecule has 2 heterocycles. The summed E-state index contributed by atoms with van der Waals surface area (Å²) in [5.41, 5.74) is 2.34. The van der Waals surface area contributed by atoms with Crippen LogP contribution in [0.2, 0.25) is 0 Å². The quantitative estimate of drug-likeness (QED) is 0.619. The minimum absolute atomic E-state index is 0.354. The van der Waals surface area contributed by atoms with Crippen molar-refractivity contribution in [3.05, 3.63) is 83.2 Å². The maximum atomic E-state index is 14.8. The van der Waals surface area contributed by atoms with Crippen LogP contribution in [-0.2, 0) is 13.1 Å². The van der Waals surface area contributed by atoms with E-state index in [9.17, 15) is 8.78 Å². The molecule has 0 fully saturated rings. The molecular weight excluding hydrogens is 374 g/mol. The molecule has 1 aliphatic heterocycles. The maximum absolute atomic E-state index is 14.8. The molecule has 0 aliphatic carbocycles. The molecule has 0 N–H and O–H groups in total. The lowest BCUT2D eigenvalue weighted by atomic mass is 10.00. The van der Waals surface area contributed by atoms with Crippen molar-refractivity contribution in [1.29, 1.82) is 0 Å². The Morgan fingerprint density at radius 3 is 2.59 bits per heavy atom. The zero-order valence-electron chi connectivity index (χ0n) is 16.6. The Labute approximate surface area is 169 Å². The average molecular weight is 398 g/mol. The highest BCUT2D eigenvalue weighted by Gasteiger charge is 2.30. The molecule has 4 nitrogen and oxygen atoms in total. The Bertz CT molecular complexity index is 1000. The molecule has 6 heteroatoms. The van der Waals surface area contributed by atoms with Gasteiger partial charge in [0, 0.05) is 37.1 Å². The third-order valence-corrected chi connectivity index (χ3v) is 5.44. The van der Waals surface area contributed by atoms with Gasteiger partial charge in [-0.15, -0.1) is 0 Å². The molecule has 1 unspecified atom stereocenters. The summed E-state index contributed by atoms with van der Waals surface area (Å²) in [5.74, 6) is 0.476. The van der Waals surface area contributed by atoms with Gasteiger partial charge in [-0.1, -0.05) is 6.07 Å². The number of halogens is 2. The number of aryl methyl sites for hydroxylation is 1. The maximum Gasteiger partial charge on any atom is 0.161 e. The van der Waals surface area contributed by atoms with Crippen molar-refractivity contribution in [1.82, 2.24) is 9.47 Å². The van der Waals surface area contributed by atoms with Crippen molar-refractivity contribution in [2.45, 2.75) is 25.6 Å². The van der Waals surface area contributed by atoms with Gasteiger partial charge < -0.3 is 14.0 Å². The van der Waals surface area contributed by atoms with Gasteiger partial charge in [-0.05, 0) is 54.4 Å². The van der Waals surface area contributed by atoms with Gasteiger partial charge in [0.1, 0.15) is 11.6 Å². The monoisotopic (exact) mass is 398 g/mol. The van der Waals surface area contributed by atoms with E-state index in [4.69, 9.17) is 9.47 Å². The topological polar surface area (TPSA) is 26.6 Å². The van der Waals surface area contributed by atoms with Crippen molar-refractivity contribution in [2.24, 2.45) is 0 Å². The van der Waals surface area contributed by atoms with E-state index in [1.165, 1.54) is 12.1 Å².